The van der Waals surface area contributed by atoms with E-state index >= 15 is 0 Å². The van der Waals surface area contributed by atoms with Crippen LogP contribution in [0.2, 0.25) is 0 Å². The van der Waals surface area contributed by atoms with Gasteiger partial charge in [-0.25, -0.2) is 4.98 Å². The summed E-state index contributed by atoms with van der Waals surface area (Å²) < 4.78 is 0. The molecule has 2 aliphatic carbocycles. The van der Waals surface area contributed by atoms with Crippen molar-refractivity contribution >= 4 is 39.2 Å². The zero-order valence-electron chi connectivity index (χ0n) is 17.8. The van der Waals surface area contributed by atoms with Gasteiger partial charge < -0.3 is 10.3 Å². The van der Waals surface area contributed by atoms with E-state index in [2.05, 4.69) is 22.2 Å². The van der Waals surface area contributed by atoms with E-state index in [1.54, 1.807) is 0 Å². The number of rotatable bonds is 6. The normalized spacial score (nSPS) is 23.4. The molecule has 1 aromatic carbocycles. The Morgan fingerprint density at radius 2 is 2.10 bits per heavy atom. The molecular weight excluding hydrogens is 426 g/mol. The Bertz CT molecular complexity index is 1170. The Labute approximate surface area is 190 Å². The summed E-state index contributed by atoms with van der Waals surface area (Å²) in [4.78, 5) is 34.7. The molecule has 0 radical (unpaired) electrons. The minimum absolute atomic E-state index is 0.00959. The van der Waals surface area contributed by atoms with Crippen LogP contribution >= 0.6 is 23.1 Å². The smallest absolute Gasteiger partial charge is 0.260 e. The highest BCUT2D eigenvalue weighted by Gasteiger charge is 2.42. The van der Waals surface area contributed by atoms with Gasteiger partial charge in [-0.2, -0.15) is 0 Å². The zero-order chi connectivity index (χ0) is 21.5. The fourth-order valence-corrected chi connectivity index (χ4v) is 7.34. The fraction of sp³-hybridized carbons (Fsp3) is 0.458. The number of carbonyl (C=O) groups excluding carboxylic acids is 1. The van der Waals surface area contributed by atoms with E-state index in [4.69, 9.17) is 0 Å². The summed E-state index contributed by atoms with van der Waals surface area (Å²) in [5.74, 6) is 2.55. The maximum Gasteiger partial charge on any atom is 0.260 e. The number of carbonyl (C=O) groups is 1. The van der Waals surface area contributed by atoms with Gasteiger partial charge in [-0.1, -0.05) is 48.5 Å². The number of aromatic nitrogens is 2. The molecule has 0 spiro atoms. The van der Waals surface area contributed by atoms with E-state index in [1.807, 2.05) is 37.3 Å². The zero-order valence-corrected chi connectivity index (χ0v) is 19.4. The van der Waals surface area contributed by atoms with Crippen molar-refractivity contribution < 1.29 is 4.79 Å². The van der Waals surface area contributed by atoms with E-state index in [0.717, 1.165) is 32.7 Å². The van der Waals surface area contributed by atoms with Crippen molar-refractivity contribution in [3.05, 3.63) is 45.6 Å². The molecular formula is C24H27N3O2S2. The molecule has 5 nitrogen and oxygen atoms in total. The summed E-state index contributed by atoms with van der Waals surface area (Å²) in [5.41, 5.74) is 1.82. The van der Waals surface area contributed by atoms with E-state index in [-0.39, 0.29) is 23.3 Å². The first-order valence-electron chi connectivity index (χ1n) is 11.0. The lowest BCUT2D eigenvalue weighted by atomic mass is 9.84. The van der Waals surface area contributed by atoms with Crippen molar-refractivity contribution in [2.75, 3.05) is 5.75 Å². The van der Waals surface area contributed by atoms with E-state index < -0.39 is 0 Å². The van der Waals surface area contributed by atoms with Gasteiger partial charge in [0.25, 0.3) is 5.56 Å². The van der Waals surface area contributed by atoms with Gasteiger partial charge in [0.1, 0.15) is 4.83 Å². The number of thiophene rings is 1. The second kappa shape index (κ2) is 8.43. The number of benzene rings is 1. The SMILES string of the molecule is Cc1sc2nc(SCC(=O)N[C@@H](C)[C@H]3C[C@H]4CC[C@H]3C4)[nH]c(=O)c2c1-c1ccccc1. The number of fused-ring (bicyclic) bond motifs is 3. The predicted octanol–water partition coefficient (Wildman–Crippen LogP) is 4.99. The van der Waals surface area contributed by atoms with Crippen LogP contribution in [-0.2, 0) is 4.79 Å². The number of thioether (sulfide) groups is 1. The summed E-state index contributed by atoms with van der Waals surface area (Å²) in [5, 5.41) is 4.32. The minimum Gasteiger partial charge on any atom is -0.353 e. The van der Waals surface area contributed by atoms with Gasteiger partial charge >= 0.3 is 0 Å². The van der Waals surface area contributed by atoms with Crippen molar-refractivity contribution in [1.82, 2.24) is 15.3 Å². The number of nitrogens with zero attached hydrogens (tertiary/aromatic N) is 1. The van der Waals surface area contributed by atoms with Crippen molar-refractivity contribution in [2.45, 2.75) is 50.7 Å². The molecule has 5 rings (SSSR count). The van der Waals surface area contributed by atoms with Gasteiger partial charge in [0.2, 0.25) is 5.91 Å². The highest BCUT2D eigenvalue weighted by molar-refractivity contribution is 7.99. The molecule has 0 aliphatic heterocycles. The van der Waals surface area contributed by atoms with Gasteiger partial charge in [-0.05, 0) is 56.4 Å². The lowest BCUT2D eigenvalue weighted by Gasteiger charge is -2.28. The Balaban J connectivity index is 1.28. The number of hydrogen-bond acceptors (Lipinski definition) is 5. The summed E-state index contributed by atoms with van der Waals surface area (Å²) in [7, 11) is 0. The van der Waals surface area contributed by atoms with Crippen LogP contribution in [0.25, 0.3) is 21.3 Å². The van der Waals surface area contributed by atoms with E-state index in [0.29, 0.717) is 16.5 Å². The van der Waals surface area contributed by atoms with Crippen LogP contribution in [-0.4, -0.2) is 27.7 Å². The molecule has 1 amide bonds. The molecule has 3 aromatic rings. The molecule has 0 unspecified atom stereocenters. The molecule has 2 heterocycles. The number of aromatic amines is 1. The van der Waals surface area contributed by atoms with Crippen molar-refractivity contribution in [3.8, 4) is 11.1 Å². The van der Waals surface area contributed by atoms with Crippen LogP contribution < -0.4 is 10.9 Å². The molecule has 162 valence electrons. The quantitative estimate of drug-likeness (QED) is 0.407. The number of nitrogens with one attached hydrogen (secondary N) is 2. The predicted molar refractivity (Wildman–Crippen MR) is 128 cm³/mol. The van der Waals surface area contributed by atoms with Gasteiger partial charge in [-0.15, -0.1) is 11.3 Å². The first-order chi connectivity index (χ1) is 15.0. The molecule has 2 saturated carbocycles. The largest absolute Gasteiger partial charge is 0.353 e. The third-order valence-electron chi connectivity index (χ3n) is 6.94. The van der Waals surface area contributed by atoms with Crippen LogP contribution in [0, 0.1) is 24.7 Å². The summed E-state index contributed by atoms with van der Waals surface area (Å²) in [6, 6.07) is 10.1. The van der Waals surface area contributed by atoms with Gasteiger partial charge in [-0.3, -0.25) is 9.59 Å². The molecule has 2 aliphatic rings. The highest BCUT2D eigenvalue weighted by atomic mass is 32.2. The van der Waals surface area contributed by atoms with E-state index in [9.17, 15) is 9.59 Å². The fourth-order valence-electron chi connectivity index (χ4n) is 5.56. The Hall–Kier alpha value is -2.12. The van der Waals surface area contributed by atoms with Crippen molar-refractivity contribution in [1.29, 1.82) is 0 Å². The average Bonchev–Trinajstić information content (AvgIpc) is 3.47. The third-order valence-corrected chi connectivity index (χ3v) is 8.81. The second-order valence-corrected chi connectivity index (χ2v) is 11.1. The summed E-state index contributed by atoms with van der Waals surface area (Å²) in [6.45, 7) is 4.16. The van der Waals surface area contributed by atoms with Gasteiger partial charge in [0.05, 0.1) is 11.1 Å². The number of amides is 1. The second-order valence-electron chi connectivity index (χ2n) is 8.93. The lowest BCUT2D eigenvalue weighted by molar-refractivity contribution is -0.119. The van der Waals surface area contributed by atoms with Crippen LogP contribution in [0.3, 0.4) is 0 Å². The highest BCUT2D eigenvalue weighted by Crippen LogP contribution is 2.49. The maximum atomic E-state index is 12.9. The molecule has 2 fully saturated rings. The molecule has 7 heteroatoms. The van der Waals surface area contributed by atoms with Crippen LogP contribution in [0.5, 0.6) is 0 Å². The van der Waals surface area contributed by atoms with Crippen molar-refractivity contribution in [2.24, 2.45) is 17.8 Å². The van der Waals surface area contributed by atoms with Crippen LogP contribution in [0.1, 0.15) is 37.5 Å². The molecule has 4 atom stereocenters. The molecule has 0 saturated heterocycles. The Kier molecular flexibility index (Phi) is 5.65. The number of hydrogen-bond donors (Lipinski definition) is 2. The van der Waals surface area contributed by atoms with Crippen molar-refractivity contribution in [3.63, 3.8) is 0 Å². The number of aryl methyl sites for hydroxylation is 1. The number of H-pyrrole nitrogens is 1. The molecule has 2 aromatic heterocycles. The third kappa shape index (κ3) is 4.05. The van der Waals surface area contributed by atoms with Crippen LogP contribution in [0.4, 0.5) is 0 Å². The first-order valence-corrected chi connectivity index (χ1v) is 12.8. The standard InChI is InChI=1S/C24H27N3O2S2/c1-13(18-11-15-8-9-17(18)10-15)25-19(28)12-30-24-26-22(29)21-20(14(2)31-23(21)27-24)16-6-4-3-5-7-16/h3-7,13,15,17-18H,8-12H2,1-2H3,(H,25,28)(H,26,27,29)/t13-,15-,17-,18+/m0/s1. The minimum atomic E-state index is -0.147. The summed E-state index contributed by atoms with van der Waals surface area (Å²) in [6.07, 6.45) is 5.29. The summed E-state index contributed by atoms with van der Waals surface area (Å²) >= 11 is 2.82. The monoisotopic (exact) mass is 453 g/mol. The lowest BCUT2D eigenvalue weighted by Crippen LogP contribution is -2.40. The molecule has 31 heavy (non-hydrogen) atoms. The maximum absolute atomic E-state index is 12.9. The van der Waals surface area contributed by atoms with Crippen LogP contribution in [0.15, 0.2) is 40.3 Å². The topological polar surface area (TPSA) is 74.8 Å². The average molecular weight is 454 g/mol. The van der Waals surface area contributed by atoms with Gasteiger partial charge in [0.15, 0.2) is 5.16 Å². The Morgan fingerprint density at radius 1 is 1.29 bits per heavy atom. The first kappa shape index (κ1) is 20.8. The van der Waals surface area contributed by atoms with Gasteiger partial charge in [0, 0.05) is 16.5 Å². The van der Waals surface area contributed by atoms with E-state index in [1.165, 1.54) is 48.8 Å². The Morgan fingerprint density at radius 3 is 2.81 bits per heavy atom. The molecule has 2 bridgehead atoms. The molecule has 2 N–H and O–H groups in total.